The number of hydrogen-bond donors (Lipinski definition) is 0. The fourth-order valence-electron chi connectivity index (χ4n) is 1.47. The van der Waals surface area contributed by atoms with E-state index in [9.17, 15) is 13.2 Å². The molecular weight excluding hydrogens is 267 g/mol. The monoisotopic (exact) mass is 271 g/mol. The van der Waals surface area contributed by atoms with Gasteiger partial charge in [-0.25, -0.2) is 0 Å². The van der Waals surface area contributed by atoms with E-state index in [4.69, 9.17) is 21.3 Å². The highest BCUT2D eigenvalue weighted by Gasteiger charge is 2.37. The van der Waals surface area contributed by atoms with Crippen LogP contribution in [0.2, 0.25) is 5.02 Å². The van der Waals surface area contributed by atoms with Gasteiger partial charge in [0.2, 0.25) is 5.76 Å². The third-order valence-corrected chi connectivity index (χ3v) is 2.48. The first kappa shape index (κ1) is 12.5. The van der Waals surface area contributed by atoms with Gasteiger partial charge < -0.3 is 4.42 Å². The molecule has 0 spiro atoms. The van der Waals surface area contributed by atoms with Crippen LogP contribution in [0.3, 0.4) is 0 Å². The van der Waals surface area contributed by atoms with Crippen LogP contribution in [0.1, 0.15) is 11.3 Å². The predicted molar refractivity (Wildman–Crippen MR) is 58.9 cm³/mol. The van der Waals surface area contributed by atoms with Gasteiger partial charge in [0.25, 0.3) is 0 Å². The Hall–Kier alpha value is -1.93. The maximum atomic E-state index is 12.6. The number of nitrogens with zero attached hydrogens (tertiary/aromatic N) is 1. The van der Waals surface area contributed by atoms with Gasteiger partial charge in [0, 0.05) is 10.6 Å². The molecule has 2 rings (SSSR count). The van der Waals surface area contributed by atoms with E-state index in [0.29, 0.717) is 10.6 Å². The molecule has 0 atom stereocenters. The lowest BCUT2D eigenvalue weighted by Gasteiger charge is -2.01. The lowest BCUT2D eigenvalue weighted by Crippen LogP contribution is -2.04. The zero-order chi connectivity index (χ0) is 13.3. The summed E-state index contributed by atoms with van der Waals surface area (Å²) in [6, 6.07) is 8.36. The Morgan fingerprint density at radius 3 is 2.44 bits per heavy atom. The Kier molecular flexibility index (Phi) is 3.05. The van der Waals surface area contributed by atoms with E-state index in [1.807, 2.05) is 0 Å². The molecule has 1 aromatic heterocycles. The van der Waals surface area contributed by atoms with Crippen LogP contribution in [0.4, 0.5) is 13.2 Å². The van der Waals surface area contributed by atoms with E-state index in [1.165, 1.54) is 12.1 Å². The average Bonchev–Trinajstić information content (AvgIpc) is 2.72. The van der Waals surface area contributed by atoms with Crippen LogP contribution in [-0.2, 0) is 6.18 Å². The van der Waals surface area contributed by atoms with Crippen molar-refractivity contribution in [2.45, 2.75) is 6.18 Å². The van der Waals surface area contributed by atoms with Crippen LogP contribution in [0, 0.1) is 11.3 Å². The number of hydrogen-bond acceptors (Lipinski definition) is 2. The summed E-state index contributed by atoms with van der Waals surface area (Å²) in [7, 11) is 0. The molecule has 0 aliphatic heterocycles. The first-order valence-electron chi connectivity index (χ1n) is 4.79. The molecule has 2 aromatic rings. The van der Waals surface area contributed by atoms with Gasteiger partial charge in [0.1, 0.15) is 17.4 Å². The molecule has 0 fully saturated rings. The summed E-state index contributed by atoms with van der Waals surface area (Å²) in [4.78, 5) is 0. The van der Waals surface area contributed by atoms with Crippen molar-refractivity contribution in [2.75, 3.05) is 0 Å². The molecule has 0 bridgehead atoms. The van der Waals surface area contributed by atoms with Crippen LogP contribution < -0.4 is 0 Å². The quantitative estimate of drug-likeness (QED) is 0.766. The second-order valence-corrected chi connectivity index (χ2v) is 3.91. The van der Waals surface area contributed by atoms with Crippen molar-refractivity contribution in [3.8, 4) is 17.4 Å². The van der Waals surface area contributed by atoms with E-state index < -0.39 is 17.5 Å². The van der Waals surface area contributed by atoms with Crippen LogP contribution in [0.15, 0.2) is 34.7 Å². The second-order valence-electron chi connectivity index (χ2n) is 3.47. The summed E-state index contributed by atoms with van der Waals surface area (Å²) in [6.45, 7) is 0. The van der Waals surface area contributed by atoms with Gasteiger partial charge in [-0.15, -0.1) is 0 Å². The SMILES string of the molecule is N#Cc1oc(-c2cccc(Cl)c2)cc1C(F)(F)F. The molecule has 6 heteroatoms. The molecule has 0 unspecified atom stereocenters. The Balaban J connectivity index is 2.55. The van der Waals surface area contributed by atoms with Crippen LogP contribution in [0.25, 0.3) is 11.3 Å². The summed E-state index contributed by atoms with van der Waals surface area (Å²) in [5.41, 5.74) is -0.700. The molecule has 1 heterocycles. The fourth-order valence-corrected chi connectivity index (χ4v) is 1.66. The average molecular weight is 272 g/mol. The lowest BCUT2D eigenvalue weighted by atomic mass is 10.1. The molecule has 0 aliphatic carbocycles. The van der Waals surface area contributed by atoms with Crippen LogP contribution in [0.5, 0.6) is 0 Å². The standard InChI is InChI=1S/C12H5ClF3NO/c13-8-3-1-2-7(4-8)10-5-9(12(14,15)16)11(6-17)18-10/h1-5H. The first-order valence-corrected chi connectivity index (χ1v) is 5.16. The zero-order valence-corrected chi connectivity index (χ0v) is 9.51. The molecule has 2 nitrogen and oxygen atoms in total. The highest BCUT2D eigenvalue weighted by Crippen LogP contribution is 2.37. The van der Waals surface area contributed by atoms with Crippen molar-refractivity contribution in [1.29, 1.82) is 5.26 Å². The van der Waals surface area contributed by atoms with Crippen molar-refractivity contribution in [1.82, 2.24) is 0 Å². The molecule has 92 valence electrons. The van der Waals surface area contributed by atoms with E-state index in [2.05, 4.69) is 0 Å². The molecular formula is C12H5ClF3NO. The fraction of sp³-hybridized carbons (Fsp3) is 0.0833. The smallest absolute Gasteiger partial charge is 0.420 e. The van der Waals surface area contributed by atoms with E-state index >= 15 is 0 Å². The van der Waals surface area contributed by atoms with Crippen molar-refractivity contribution in [2.24, 2.45) is 0 Å². The number of furan rings is 1. The number of benzene rings is 1. The van der Waals surface area contributed by atoms with Gasteiger partial charge in [0.05, 0.1) is 0 Å². The Bertz CT molecular complexity index is 625. The Labute approximate surface area is 105 Å². The minimum atomic E-state index is -4.62. The van der Waals surface area contributed by atoms with Crippen molar-refractivity contribution in [3.63, 3.8) is 0 Å². The summed E-state index contributed by atoms with van der Waals surface area (Å²) in [5.74, 6) is -0.793. The highest BCUT2D eigenvalue weighted by atomic mass is 35.5. The normalized spacial score (nSPS) is 11.3. The topological polar surface area (TPSA) is 36.9 Å². The molecule has 0 saturated carbocycles. The number of alkyl halides is 3. The molecule has 0 aliphatic rings. The summed E-state index contributed by atoms with van der Waals surface area (Å²) in [6.07, 6.45) is -4.62. The van der Waals surface area contributed by atoms with Gasteiger partial charge in [-0.1, -0.05) is 23.7 Å². The van der Waals surface area contributed by atoms with Crippen molar-refractivity contribution in [3.05, 3.63) is 46.7 Å². The van der Waals surface area contributed by atoms with E-state index in [1.54, 1.807) is 18.2 Å². The summed E-state index contributed by atoms with van der Waals surface area (Å²) < 4.78 is 42.7. The van der Waals surface area contributed by atoms with Gasteiger partial charge in [-0.05, 0) is 18.2 Å². The molecule has 0 N–H and O–H groups in total. The molecule has 0 amide bonds. The molecule has 18 heavy (non-hydrogen) atoms. The molecule has 0 radical (unpaired) electrons. The Morgan fingerprint density at radius 2 is 1.94 bits per heavy atom. The van der Waals surface area contributed by atoms with Gasteiger partial charge in [-0.2, -0.15) is 18.4 Å². The highest BCUT2D eigenvalue weighted by molar-refractivity contribution is 6.30. The maximum absolute atomic E-state index is 12.6. The van der Waals surface area contributed by atoms with Crippen molar-refractivity contribution < 1.29 is 17.6 Å². The third-order valence-electron chi connectivity index (χ3n) is 2.25. The Morgan fingerprint density at radius 1 is 1.22 bits per heavy atom. The lowest BCUT2D eigenvalue weighted by molar-refractivity contribution is -0.138. The minimum absolute atomic E-state index is 0.0404. The largest absolute Gasteiger partial charge is 0.445 e. The van der Waals surface area contributed by atoms with Crippen LogP contribution >= 0.6 is 11.6 Å². The molecule has 0 saturated heterocycles. The number of nitriles is 1. The second kappa shape index (κ2) is 4.39. The van der Waals surface area contributed by atoms with Gasteiger partial charge in [-0.3, -0.25) is 0 Å². The van der Waals surface area contributed by atoms with Crippen molar-refractivity contribution >= 4 is 11.6 Å². The summed E-state index contributed by atoms with van der Waals surface area (Å²) in [5, 5.41) is 9.00. The van der Waals surface area contributed by atoms with E-state index in [-0.39, 0.29) is 5.76 Å². The number of rotatable bonds is 1. The maximum Gasteiger partial charge on any atom is 0.420 e. The van der Waals surface area contributed by atoms with Gasteiger partial charge in [0.15, 0.2) is 0 Å². The summed E-state index contributed by atoms with van der Waals surface area (Å²) >= 11 is 5.74. The molecule has 1 aromatic carbocycles. The van der Waals surface area contributed by atoms with Gasteiger partial charge >= 0.3 is 6.18 Å². The predicted octanol–water partition coefficient (Wildman–Crippen LogP) is 4.49. The third kappa shape index (κ3) is 2.34. The van der Waals surface area contributed by atoms with Crippen LogP contribution in [-0.4, -0.2) is 0 Å². The number of halogens is 4. The van der Waals surface area contributed by atoms with E-state index in [0.717, 1.165) is 6.07 Å². The minimum Gasteiger partial charge on any atom is -0.445 e. The first-order chi connectivity index (χ1) is 8.41. The zero-order valence-electron chi connectivity index (χ0n) is 8.75.